The zero-order valence-electron chi connectivity index (χ0n) is 7.96. The molecule has 3 N–H and O–H groups in total. The van der Waals surface area contributed by atoms with Crippen molar-refractivity contribution in [2.75, 3.05) is 27.2 Å². The number of ketones is 1. The van der Waals surface area contributed by atoms with E-state index in [0.29, 0.717) is 6.54 Å². The summed E-state index contributed by atoms with van der Waals surface area (Å²) in [5.41, 5.74) is 0. The van der Waals surface area contributed by atoms with Gasteiger partial charge < -0.3 is 15.7 Å². The first-order valence-corrected chi connectivity index (χ1v) is 4.15. The Hall–Kier alpha value is -0.940. The molecule has 5 nitrogen and oxygen atoms in total. The number of nitrogens with one attached hydrogen (secondary N) is 2. The van der Waals surface area contributed by atoms with Gasteiger partial charge >= 0.3 is 5.97 Å². The van der Waals surface area contributed by atoms with Crippen molar-refractivity contribution in [3.63, 3.8) is 0 Å². The van der Waals surface area contributed by atoms with Crippen molar-refractivity contribution in [3.05, 3.63) is 0 Å². The number of hydrogen-bond acceptors (Lipinski definition) is 4. The molecule has 0 heterocycles. The Bertz CT molecular complexity index is 184. The maximum atomic E-state index is 11.3. The molecule has 0 rings (SSSR count). The van der Waals surface area contributed by atoms with E-state index in [9.17, 15) is 9.59 Å². The minimum absolute atomic E-state index is 0. The van der Waals surface area contributed by atoms with Crippen molar-refractivity contribution in [3.8, 4) is 0 Å². The van der Waals surface area contributed by atoms with Crippen molar-refractivity contribution in [2.24, 2.45) is 5.92 Å². The Balaban J connectivity index is -0.000000720. The third-order valence-electron chi connectivity index (χ3n) is 1.68. The van der Waals surface area contributed by atoms with Gasteiger partial charge in [-0.15, -0.1) is 0 Å². The molecule has 0 radical (unpaired) electrons. The van der Waals surface area contributed by atoms with Gasteiger partial charge in [-0.2, -0.15) is 0 Å². The summed E-state index contributed by atoms with van der Waals surface area (Å²) in [5, 5.41) is 14.0. The minimum atomic E-state index is -0.940. The number of carboxylic acid groups (broad SMARTS) is 1. The van der Waals surface area contributed by atoms with Crippen LogP contribution in [0.25, 0.3) is 0 Å². The second-order valence-electron chi connectivity index (χ2n) is 2.85. The van der Waals surface area contributed by atoms with E-state index in [1.165, 1.54) is 0 Å². The van der Waals surface area contributed by atoms with Crippen LogP contribution in [0.4, 0.5) is 0 Å². The Morgan fingerprint density at radius 1 is 1.20 bits per heavy atom. The zero-order valence-corrected chi connectivity index (χ0v) is 7.96. The summed E-state index contributed by atoms with van der Waals surface area (Å²) in [6.07, 6.45) is -0.110. The fraction of sp³-hybridized carbons (Fsp3) is 0.800. The lowest BCUT2D eigenvalue weighted by Gasteiger charge is -2.12. The molecule has 5 heteroatoms. The molecule has 0 saturated carbocycles. The van der Waals surface area contributed by atoms with Crippen molar-refractivity contribution in [2.45, 2.75) is 21.3 Å². The van der Waals surface area contributed by atoms with Crippen LogP contribution in [0.5, 0.6) is 0 Å². The number of likely N-dealkylation sites (N-methyl/N-ethyl adjacent to an activating group) is 1. The molecule has 0 bridgehead atoms. The Morgan fingerprint density at radius 2 is 1.73 bits per heavy atom. The van der Waals surface area contributed by atoms with Crippen LogP contribution in [0.15, 0.2) is 0 Å². The standard InChI is InChI=1S/C8H16N2O3.2CH4/c1-9-4-6(3-8(12)13)7(11)5-10-2;;/h6,9-10H,3-5H2,1-2H3,(H,12,13);2*1H4. The first-order valence-electron chi connectivity index (χ1n) is 4.15. The fourth-order valence-corrected chi connectivity index (χ4v) is 1.08. The van der Waals surface area contributed by atoms with Gasteiger partial charge in [0.2, 0.25) is 0 Å². The molecule has 1 atom stereocenters. The molecular formula is C10H24N2O3. The highest BCUT2D eigenvalue weighted by Gasteiger charge is 2.19. The summed E-state index contributed by atoms with van der Waals surface area (Å²) < 4.78 is 0. The smallest absolute Gasteiger partial charge is 0.304 e. The lowest BCUT2D eigenvalue weighted by atomic mass is 10.0. The maximum absolute atomic E-state index is 11.3. The largest absolute Gasteiger partial charge is 0.481 e. The minimum Gasteiger partial charge on any atom is -0.481 e. The van der Waals surface area contributed by atoms with Gasteiger partial charge in [0, 0.05) is 12.5 Å². The fourth-order valence-electron chi connectivity index (χ4n) is 1.08. The zero-order chi connectivity index (χ0) is 10.3. The normalized spacial score (nSPS) is 10.8. The average Bonchev–Trinajstić information content (AvgIpc) is 2.03. The van der Waals surface area contributed by atoms with Crippen LogP contribution < -0.4 is 10.6 Å². The van der Waals surface area contributed by atoms with Gasteiger partial charge in [-0.1, -0.05) is 14.9 Å². The van der Waals surface area contributed by atoms with E-state index in [0.717, 1.165) is 0 Å². The number of carbonyl (C=O) groups excluding carboxylic acids is 1. The SMILES string of the molecule is C.C.CNCC(=O)C(CNC)CC(=O)O. The summed E-state index contributed by atoms with van der Waals surface area (Å²) in [5.74, 6) is -1.45. The number of rotatable bonds is 7. The third-order valence-corrected chi connectivity index (χ3v) is 1.68. The molecule has 0 aromatic heterocycles. The summed E-state index contributed by atoms with van der Waals surface area (Å²) >= 11 is 0. The van der Waals surface area contributed by atoms with Crippen LogP contribution in [0, 0.1) is 5.92 Å². The van der Waals surface area contributed by atoms with E-state index in [1.54, 1.807) is 14.1 Å². The van der Waals surface area contributed by atoms with Crippen LogP contribution in [0.2, 0.25) is 0 Å². The van der Waals surface area contributed by atoms with Crippen molar-refractivity contribution < 1.29 is 14.7 Å². The van der Waals surface area contributed by atoms with Crippen LogP contribution in [0.1, 0.15) is 21.3 Å². The molecule has 0 aliphatic rings. The van der Waals surface area contributed by atoms with Crippen molar-refractivity contribution in [1.29, 1.82) is 0 Å². The van der Waals surface area contributed by atoms with Gasteiger partial charge in [0.25, 0.3) is 0 Å². The van der Waals surface area contributed by atoms with E-state index >= 15 is 0 Å². The summed E-state index contributed by atoms with van der Waals surface area (Å²) in [6.45, 7) is 0.631. The number of carbonyl (C=O) groups is 2. The molecule has 0 saturated heterocycles. The quantitative estimate of drug-likeness (QED) is 0.577. The highest BCUT2D eigenvalue weighted by atomic mass is 16.4. The van der Waals surface area contributed by atoms with Crippen LogP contribution in [-0.2, 0) is 9.59 Å². The number of aliphatic carboxylic acids is 1. The number of Topliss-reactive ketones (excluding diaryl/α,β-unsaturated/α-hetero) is 1. The second-order valence-corrected chi connectivity index (χ2v) is 2.85. The molecule has 0 aliphatic heterocycles. The van der Waals surface area contributed by atoms with Gasteiger partial charge in [-0.3, -0.25) is 9.59 Å². The molecule has 15 heavy (non-hydrogen) atoms. The van der Waals surface area contributed by atoms with Crippen LogP contribution >= 0.6 is 0 Å². The van der Waals surface area contributed by atoms with Gasteiger partial charge in [0.15, 0.2) is 5.78 Å². The monoisotopic (exact) mass is 220 g/mol. The van der Waals surface area contributed by atoms with E-state index in [-0.39, 0.29) is 33.6 Å². The molecule has 0 fully saturated rings. The number of hydrogen-bond donors (Lipinski definition) is 3. The maximum Gasteiger partial charge on any atom is 0.304 e. The van der Waals surface area contributed by atoms with Gasteiger partial charge in [-0.05, 0) is 14.1 Å². The number of carboxylic acids is 1. The third kappa shape index (κ3) is 9.37. The van der Waals surface area contributed by atoms with Crippen LogP contribution in [-0.4, -0.2) is 44.0 Å². The lowest BCUT2D eigenvalue weighted by molar-refractivity contribution is -0.140. The molecule has 0 aromatic rings. The van der Waals surface area contributed by atoms with Gasteiger partial charge in [0.05, 0.1) is 13.0 Å². The Labute approximate surface area is 92.3 Å². The lowest BCUT2D eigenvalue weighted by Crippen LogP contribution is -2.33. The van der Waals surface area contributed by atoms with E-state index < -0.39 is 11.9 Å². The molecule has 0 spiro atoms. The highest BCUT2D eigenvalue weighted by Crippen LogP contribution is 2.02. The molecule has 92 valence electrons. The Kier molecular flexibility index (Phi) is 14.6. The summed E-state index contributed by atoms with van der Waals surface area (Å²) in [6, 6.07) is 0. The molecule has 0 aromatic carbocycles. The first-order chi connectivity index (χ1) is 6.11. The van der Waals surface area contributed by atoms with E-state index in [1.807, 2.05) is 0 Å². The van der Waals surface area contributed by atoms with Gasteiger partial charge in [-0.25, -0.2) is 0 Å². The van der Waals surface area contributed by atoms with E-state index in [2.05, 4.69) is 10.6 Å². The molecule has 0 aliphatic carbocycles. The summed E-state index contributed by atoms with van der Waals surface area (Å²) in [7, 11) is 3.36. The second kappa shape index (κ2) is 11.1. The van der Waals surface area contributed by atoms with E-state index in [4.69, 9.17) is 5.11 Å². The van der Waals surface area contributed by atoms with Crippen molar-refractivity contribution >= 4 is 11.8 Å². The molecule has 0 amide bonds. The average molecular weight is 220 g/mol. The predicted molar refractivity (Wildman–Crippen MR) is 62.1 cm³/mol. The van der Waals surface area contributed by atoms with Gasteiger partial charge in [0.1, 0.15) is 0 Å². The summed E-state index contributed by atoms with van der Waals surface area (Å²) in [4.78, 5) is 21.7. The molecule has 1 unspecified atom stereocenters. The predicted octanol–water partition coefficient (Wildman–Crippen LogP) is 0.357. The first kappa shape index (κ1) is 19.6. The Morgan fingerprint density at radius 3 is 2.07 bits per heavy atom. The van der Waals surface area contributed by atoms with Crippen molar-refractivity contribution in [1.82, 2.24) is 10.6 Å². The van der Waals surface area contributed by atoms with Crippen LogP contribution in [0.3, 0.4) is 0 Å². The highest BCUT2D eigenvalue weighted by molar-refractivity contribution is 5.86. The topological polar surface area (TPSA) is 78.4 Å². The molecular weight excluding hydrogens is 196 g/mol.